The average Bonchev–Trinajstić information content (AvgIpc) is 2.33. The maximum atomic E-state index is 5.70. The van der Waals surface area contributed by atoms with E-state index in [1.165, 1.54) is 16.7 Å². The summed E-state index contributed by atoms with van der Waals surface area (Å²) in [5.74, 6) is 5.70. The van der Waals surface area contributed by atoms with Crippen molar-refractivity contribution < 1.29 is 0 Å². The van der Waals surface area contributed by atoms with E-state index in [0.29, 0.717) is 0 Å². The summed E-state index contributed by atoms with van der Waals surface area (Å²) < 4.78 is 0.949. The lowest BCUT2D eigenvalue weighted by molar-refractivity contribution is 0.631. The summed E-state index contributed by atoms with van der Waals surface area (Å²) in [6, 6.07) is 8.34. The van der Waals surface area contributed by atoms with Crippen molar-refractivity contribution in [2.75, 3.05) is 0 Å². The molecule has 1 heterocycles. The highest BCUT2D eigenvalue weighted by Gasteiger charge is 2.15. The number of aromatic nitrogens is 1. The molecule has 1 aromatic heterocycles. The molecule has 0 spiro atoms. The molecule has 0 amide bonds. The van der Waals surface area contributed by atoms with Gasteiger partial charge >= 0.3 is 0 Å². The molecule has 1 atom stereocenters. The molecule has 0 aliphatic heterocycles. The number of nitrogens with one attached hydrogen (secondary N) is 1. The van der Waals surface area contributed by atoms with Gasteiger partial charge in [-0.2, -0.15) is 0 Å². The molecule has 1 unspecified atom stereocenters. The van der Waals surface area contributed by atoms with Gasteiger partial charge in [0.15, 0.2) is 0 Å². The Morgan fingerprint density at radius 2 is 2.00 bits per heavy atom. The van der Waals surface area contributed by atoms with E-state index in [4.69, 9.17) is 5.84 Å². The second-order valence-corrected chi connectivity index (χ2v) is 5.31. The minimum atomic E-state index is -0.0457. The molecule has 94 valence electrons. The predicted octanol–water partition coefficient (Wildman–Crippen LogP) is 3.01. The van der Waals surface area contributed by atoms with Gasteiger partial charge in [-0.1, -0.05) is 23.8 Å². The van der Waals surface area contributed by atoms with Crippen molar-refractivity contribution in [1.29, 1.82) is 0 Å². The molecule has 0 aliphatic rings. The summed E-state index contributed by atoms with van der Waals surface area (Å²) >= 11 is 3.43. The van der Waals surface area contributed by atoms with Gasteiger partial charge in [0, 0.05) is 16.9 Å². The topological polar surface area (TPSA) is 50.9 Å². The molecular weight excluding hydrogens is 290 g/mol. The van der Waals surface area contributed by atoms with E-state index in [2.05, 4.69) is 58.4 Å². The first-order valence-corrected chi connectivity index (χ1v) is 6.55. The quantitative estimate of drug-likeness (QED) is 0.677. The number of benzene rings is 1. The molecule has 3 N–H and O–H groups in total. The molecule has 3 nitrogen and oxygen atoms in total. The van der Waals surface area contributed by atoms with Gasteiger partial charge in [-0.25, -0.2) is 5.43 Å². The minimum absolute atomic E-state index is 0.0457. The third kappa shape index (κ3) is 2.77. The molecule has 0 aliphatic carbocycles. The highest BCUT2D eigenvalue weighted by Crippen LogP contribution is 2.26. The van der Waals surface area contributed by atoms with Crippen molar-refractivity contribution in [3.8, 4) is 0 Å². The maximum absolute atomic E-state index is 5.70. The number of nitrogens with two attached hydrogens (primary N) is 1. The predicted molar refractivity (Wildman–Crippen MR) is 77.0 cm³/mol. The number of hydrazine groups is 1. The van der Waals surface area contributed by atoms with Crippen LogP contribution >= 0.6 is 15.9 Å². The Bertz CT molecular complexity index is 554. The van der Waals surface area contributed by atoms with Crippen LogP contribution in [0.1, 0.15) is 28.3 Å². The highest BCUT2D eigenvalue weighted by atomic mass is 79.9. The lowest BCUT2D eigenvalue weighted by Gasteiger charge is -2.19. The first-order valence-electron chi connectivity index (χ1n) is 5.75. The SMILES string of the molecule is Cc1ccc(C(NN)c2cncc(Br)c2)c(C)c1. The highest BCUT2D eigenvalue weighted by molar-refractivity contribution is 9.10. The van der Waals surface area contributed by atoms with Gasteiger partial charge in [-0.3, -0.25) is 10.8 Å². The van der Waals surface area contributed by atoms with Gasteiger partial charge in [0.05, 0.1) is 6.04 Å². The number of hydrogen-bond acceptors (Lipinski definition) is 3. The van der Waals surface area contributed by atoms with Gasteiger partial charge in [0.2, 0.25) is 0 Å². The molecule has 0 saturated heterocycles. The molecule has 4 heteroatoms. The van der Waals surface area contributed by atoms with Crippen molar-refractivity contribution in [2.45, 2.75) is 19.9 Å². The van der Waals surface area contributed by atoms with E-state index >= 15 is 0 Å². The molecule has 1 aromatic carbocycles. The summed E-state index contributed by atoms with van der Waals surface area (Å²) in [4.78, 5) is 4.18. The Kier molecular flexibility index (Phi) is 4.11. The van der Waals surface area contributed by atoms with Gasteiger partial charge in [-0.05, 0) is 52.5 Å². The summed E-state index contributed by atoms with van der Waals surface area (Å²) in [5, 5.41) is 0. The van der Waals surface area contributed by atoms with E-state index in [1.807, 2.05) is 12.3 Å². The largest absolute Gasteiger partial charge is 0.271 e. The van der Waals surface area contributed by atoms with E-state index in [0.717, 1.165) is 10.0 Å². The van der Waals surface area contributed by atoms with Crippen molar-refractivity contribution in [3.63, 3.8) is 0 Å². The molecule has 0 radical (unpaired) electrons. The van der Waals surface area contributed by atoms with Crippen LogP contribution in [0.3, 0.4) is 0 Å². The van der Waals surface area contributed by atoms with E-state index < -0.39 is 0 Å². The number of rotatable bonds is 3. The van der Waals surface area contributed by atoms with Crippen LogP contribution in [0.5, 0.6) is 0 Å². The Labute approximate surface area is 116 Å². The fourth-order valence-electron chi connectivity index (χ4n) is 2.10. The molecule has 0 bridgehead atoms. The molecule has 18 heavy (non-hydrogen) atoms. The number of hydrogen-bond donors (Lipinski definition) is 2. The Morgan fingerprint density at radius 3 is 2.61 bits per heavy atom. The molecule has 0 fully saturated rings. The molecule has 0 saturated carbocycles. The van der Waals surface area contributed by atoms with Crippen LogP contribution in [0.4, 0.5) is 0 Å². The molecule has 2 aromatic rings. The van der Waals surface area contributed by atoms with Gasteiger partial charge in [0.25, 0.3) is 0 Å². The zero-order valence-corrected chi connectivity index (χ0v) is 12.0. The smallest absolute Gasteiger partial charge is 0.0727 e. The summed E-state index contributed by atoms with van der Waals surface area (Å²) in [6.07, 6.45) is 3.59. The molecular formula is C14H16BrN3. The monoisotopic (exact) mass is 305 g/mol. The minimum Gasteiger partial charge on any atom is -0.271 e. The Balaban J connectivity index is 2.45. The summed E-state index contributed by atoms with van der Waals surface area (Å²) in [5.41, 5.74) is 7.54. The number of pyridine rings is 1. The zero-order chi connectivity index (χ0) is 13.1. The first-order chi connectivity index (χ1) is 8.61. The van der Waals surface area contributed by atoms with E-state index in [1.54, 1.807) is 6.20 Å². The van der Waals surface area contributed by atoms with Gasteiger partial charge < -0.3 is 0 Å². The third-order valence-electron chi connectivity index (χ3n) is 2.96. The number of halogens is 1. The van der Waals surface area contributed by atoms with Crippen LogP contribution in [0, 0.1) is 13.8 Å². The van der Waals surface area contributed by atoms with Crippen LogP contribution in [-0.2, 0) is 0 Å². The lowest BCUT2D eigenvalue weighted by Crippen LogP contribution is -2.29. The van der Waals surface area contributed by atoms with Gasteiger partial charge in [-0.15, -0.1) is 0 Å². The second-order valence-electron chi connectivity index (χ2n) is 4.40. The number of aryl methyl sites for hydroxylation is 2. The van der Waals surface area contributed by atoms with Crippen LogP contribution in [0.25, 0.3) is 0 Å². The van der Waals surface area contributed by atoms with Crippen LogP contribution in [-0.4, -0.2) is 4.98 Å². The van der Waals surface area contributed by atoms with Gasteiger partial charge in [0.1, 0.15) is 0 Å². The summed E-state index contributed by atoms with van der Waals surface area (Å²) in [7, 11) is 0. The Hall–Kier alpha value is -1.23. The van der Waals surface area contributed by atoms with Crippen molar-refractivity contribution in [3.05, 3.63) is 63.4 Å². The fraction of sp³-hybridized carbons (Fsp3) is 0.214. The zero-order valence-electron chi connectivity index (χ0n) is 10.4. The second kappa shape index (κ2) is 5.61. The van der Waals surface area contributed by atoms with Crippen LogP contribution in [0.15, 0.2) is 41.1 Å². The number of nitrogens with zero attached hydrogens (tertiary/aromatic N) is 1. The van der Waals surface area contributed by atoms with Crippen molar-refractivity contribution in [2.24, 2.45) is 5.84 Å². The van der Waals surface area contributed by atoms with Crippen molar-refractivity contribution in [1.82, 2.24) is 10.4 Å². The normalized spacial score (nSPS) is 12.4. The molecule has 2 rings (SSSR count). The first kappa shape index (κ1) is 13.2. The van der Waals surface area contributed by atoms with Crippen molar-refractivity contribution >= 4 is 15.9 Å². The standard InChI is InChI=1S/C14H16BrN3/c1-9-3-4-13(10(2)5-9)14(18-16)11-6-12(15)8-17-7-11/h3-8,14,18H,16H2,1-2H3. The third-order valence-corrected chi connectivity index (χ3v) is 3.40. The van der Waals surface area contributed by atoms with Crippen LogP contribution in [0.2, 0.25) is 0 Å². The average molecular weight is 306 g/mol. The fourth-order valence-corrected chi connectivity index (χ4v) is 2.48. The Morgan fingerprint density at radius 1 is 1.22 bits per heavy atom. The van der Waals surface area contributed by atoms with E-state index in [9.17, 15) is 0 Å². The van der Waals surface area contributed by atoms with E-state index in [-0.39, 0.29) is 6.04 Å². The maximum Gasteiger partial charge on any atom is 0.0727 e. The lowest BCUT2D eigenvalue weighted by atomic mass is 9.95. The summed E-state index contributed by atoms with van der Waals surface area (Å²) in [6.45, 7) is 4.18. The van der Waals surface area contributed by atoms with Crippen LogP contribution < -0.4 is 11.3 Å².